The number of nitrogens with zero attached hydrogens (tertiary/aromatic N) is 1. The average Bonchev–Trinajstić information content (AvgIpc) is 2.78. The van der Waals surface area contributed by atoms with E-state index in [9.17, 15) is 4.79 Å². The van der Waals surface area contributed by atoms with E-state index >= 15 is 0 Å². The second-order valence-electron chi connectivity index (χ2n) is 3.31. The third-order valence-corrected chi connectivity index (χ3v) is 3.38. The maximum absolute atomic E-state index is 10.7. The van der Waals surface area contributed by atoms with Gasteiger partial charge in [-0.2, -0.15) is 0 Å². The van der Waals surface area contributed by atoms with Crippen molar-refractivity contribution in [2.24, 2.45) is 0 Å². The van der Waals surface area contributed by atoms with Gasteiger partial charge in [0.2, 0.25) is 0 Å². The summed E-state index contributed by atoms with van der Waals surface area (Å²) in [5.74, 6) is -0.384. The predicted molar refractivity (Wildman–Crippen MR) is 73.1 cm³/mol. The molecule has 0 spiro atoms. The highest BCUT2D eigenvalue weighted by Crippen LogP contribution is 2.31. The molecule has 0 amide bonds. The molecule has 0 unspecified atom stereocenters. The number of carboxylic acids is 1. The Balaban J connectivity index is 2.27. The SMILES string of the molecule is COc1ccc(Br)cc1Nc1nc(C(=O)O)cs1. The molecule has 1 aromatic carbocycles. The number of anilines is 2. The van der Waals surface area contributed by atoms with Crippen LogP contribution in [-0.4, -0.2) is 23.2 Å². The Labute approximate surface area is 116 Å². The van der Waals surface area contributed by atoms with Crippen LogP contribution in [-0.2, 0) is 0 Å². The lowest BCUT2D eigenvalue weighted by atomic mass is 10.3. The first-order chi connectivity index (χ1) is 8.60. The molecular formula is C11H9BrN2O3S. The van der Waals surface area contributed by atoms with Gasteiger partial charge in [-0.1, -0.05) is 15.9 Å². The van der Waals surface area contributed by atoms with E-state index in [1.165, 1.54) is 16.7 Å². The van der Waals surface area contributed by atoms with Crippen LogP contribution in [0.5, 0.6) is 5.75 Å². The lowest BCUT2D eigenvalue weighted by Crippen LogP contribution is -1.98. The van der Waals surface area contributed by atoms with Gasteiger partial charge in [0.25, 0.3) is 0 Å². The minimum Gasteiger partial charge on any atom is -0.495 e. The molecule has 0 atom stereocenters. The number of ether oxygens (including phenoxy) is 1. The second-order valence-corrected chi connectivity index (χ2v) is 5.09. The van der Waals surface area contributed by atoms with Crippen LogP contribution < -0.4 is 10.1 Å². The van der Waals surface area contributed by atoms with Gasteiger partial charge in [-0.05, 0) is 18.2 Å². The van der Waals surface area contributed by atoms with Crippen molar-refractivity contribution in [1.29, 1.82) is 0 Å². The minimum atomic E-state index is -1.04. The standard InChI is InChI=1S/C11H9BrN2O3S/c1-17-9-3-2-6(12)4-7(9)13-11-14-8(5-18-11)10(15)16/h2-5H,1H3,(H,13,14)(H,15,16). The number of hydrogen-bond donors (Lipinski definition) is 2. The Bertz CT molecular complexity index is 585. The maximum atomic E-state index is 10.7. The fourth-order valence-corrected chi connectivity index (χ4v) is 2.38. The molecule has 0 saturated heterocycles. The topological polar surface area (TPSA) is 71.5 Å². The number of rotatable bonds is 4. The highest BCUT2D eigenvalue weighted by atomic mass is 79.9. The molecule has 0 aliphatic rings. The summed E-state index contributed by atoms with van der Waals surface area (Å²) < 4.78 is 6.09. The van der Waals surface area contributed by atoms with Crippen molar-refractivity contribution in [3.63, 3.8) is 0 Å². The van der Waals surface area contributed by atoms with Gasteiger partial charge < -0.3 is 15.2 Å². The molecule has 0 aliphatic carbocycles. The zero-order valence-electron chi connectivity index (χ0n) is 9.31. The van der Waals surface area contributed by atoms with Crippen LogP contribution in [0.2, 0.25) is 0 Å². The number of thiazole rings is 1. The first-order valence-corrected chi connectivity index (χ1v) is 6.57. The Morgan fingerprint density at radius 3 is 2.94 bits per heavy atom. The smallest absolute Gasteiger partial charge is 0.355 e. The fraction of sp³-hybridized carbons (Fsp3) is 0.0909. The molecule has 0 bridgehead atoms. The molecule has 18 heavy (non-hydrogen) atoms. The van der Waals surface area contributed by atoms with E-state index in [4.69, 9.17) is 9.84 Å². The molecule has 94 valence electrons. The fourth-order valence-electron chi connectivity index (χ4n) is 1.32. The number of methoxy groups -OCH3 is 1. The predicted octanol–water partition coefficient (Wildman–Crippen LogP) is 3.36. The van der Waals surface area contributed by atoms with E-state index in [0.29, 0.717) is 10.9 Å². The Morgan fingerprint density at radius 2 is 2.33 bits per heavy atom. The summed E-state index contributed by atoms with van der Waals surface area (Å²) in [7, 11) is 1.57. The van der Waals surface area contributed by atoms with Crippen molar-refractivity contribution < 1.29 is 14.6 Å². The highest BCUT2D eigenvalue weighted by Gasteiger charge is 2.10. The molecule has 1 aromatic heterocycles. The summed E-state index contributed by atoms with van der Waals surface area (Å²) in [6, 6.07) is 5.49. The lowest BCUT2D eigenvalue weighted by Gasteiger charge is -2.09. The zero-order valence-corrected chi connectivity index (χ0v) is 11.7. The van der Waals surface area contributed by atoms with Crippen molar-refractivity contribution >= 4 is 44.1 Å². The number of benzene rings is 1. The Kier molecular flexibility index (Phi) is 3.83. The number of halogens is 1. The third-order valence-electron chi connectivity index (χ3n) is 2.13. The first kappa shape index (κ1) is 12.8. The Morgan fingerprint density at radius 1 is 1.56 bits per heavy atom. The van der Waals surface area contributed by atoms with Crippen LogP contribution in [0.25, 0.3) is 0 Å². The summed E-state index contributed by atoms with van der Waals surface area (Å²) in [4.78, 5) is 14.7. The van der Waals surface area contributed by atoms with Gasteiger partial charge in [0.15, 0.2) is 10.8 Å². The summed E-state index contributed by atoms with van der Waals surface area (Å²) >= 11 is 4.58. The molecule has 0 radical (unpaired) electrons. The second kappa shape index (κ2) is 5.36. The van der Waals surface area contributed by atoms with Crippen molar-refractivity contribution in [2.75, 3.05) is 12.4 Å². The molecule has 0 saturated carbocycles. The van der Waals surface area contributed by atoms with E-state index in [0.717, 1.165) is 10.2 Å². The summed E-state index contributed by atoms with van der Waals surface area (Å²) in [5.41, 5.74) is 0.745. The van der Waals surface area contributed by atoms with Crippen LogP contribution in [0, 0.1) is 0 Å². The zero-order chi connectivity index (χ0) is 13.1. The molecule has 1 heterocycles. The van der Waals surface area contributed by atoms with Crippen molar-refractivity contribution in [1.82, 2.24) is 4.98 Å². The van der Waals surface area contributed by atoms with Crippen LogP contribution in [0.15, 0.2) is 28.1 Å². The van der Waals surface area contributed by atoms with Gasteiger partial charge in [0.1, 0.15) is 5.75 Å². The largest absolute Gasteiger partial charge is 0.495 e. The maximum Gasteiger partial charge on any atom is 0.355 e. The number of hydrogen-bond acceptors (Lipinski definition) is 5. The van der Waals surface area contributed by atoms with E-state index in [1.54, 1.807) is 13.2 Å². The van der Waals surface area contributed by atoms with Crippen LogP contribution >= 0.6 is 27.3 Å². The third kappa shape index (κ3) is 2.80. The van der Waals surface area contributed by atoms with Gasteiger partial charge >= 0.3 is 5.97 Å². The highest BCUT2D eigenvalue weighted by molar-refractivity contribution is 9.10. The molecule has 2 rings (SSSR count). The van der Waals surface area contributed by atoms with Gasteiger partial charge in [0.05, 0.1) is 12.8 Å². The number of aromatic carboxylic acids is 1. The summed E-state index contributed by atoms with van der Waals surface area (Å²) in [5, 5.41) is 13.8. The number of nitrogens with one attached hydrogen (secondary N) is 1. The lowest BCUT2D eigenvalue weighted by molar-refractivity contribution is 0.0691. The van der Waals surface area contributed by atoms with Gasteiger partial charge in [-0.25, -0.2) is 9.78 Å². The molecule has 0 fully saturated rings. The quantitative estimate of drug-likeness (QED) is 0.900. The van der Waals surface area contributed by atoms with Gasteiger partial charge in [-0.15, -0.1) is 11.3 Å². The van der Waals surface area contributed by atoms with E-state index in [1.807, 2.05) is 12.1 Å². The van der Waals surface area contributed by atoms with E-state index in [-0.39, 0.29) is 5.69 Å². The molecule has 2 N–H and O–H groups in total. The molecule has 0 aliphatic heterocycles. The molecule has 2 aromatic rings. The number of carboxylic acid groups (broad SMARTS) is 1. The normalized spacial score (nSPS) is 10.1. The molecule has 7 heteroatoms. The summed E-state index contributed by atoms with van der Waals surface area (Å²) in [6.45, 7) is 0. The molecular weight excluding hydrogens is 320 g/mol. The average molecular weight is 329 g/mol. The van der Waals surface area contributed by atoms with Crippen molar-refractivity contribution in [2.45, 2.75) is 0 Å². The van der Waals surface area contributed by atoms with Gasteiger partial charge in [0, 0.05) is 9.85 Å². The summed E-state index contributed by atoms with van der Waals surface area (Å²) in [6.07, 6.45) is 0. The minimum absolute atomic E-state index is 0.0245. The first-order valence-electron chi connectivity index (χ1n) is 4.89. The monoisotopic (exact) mass is 328 g/mol. The van der Waals surface area contributed by atoms with Crippen LogP contribution in [0.1, 0.15) is 10.5 Å². The number of aromatic nitrogens is 1. The van der Waals surface area contributed by atoms with Crippen LogP contribution in [0.3, 0.4) is 0 Å². The molecule has 5 nitrogen and oxygen atoms in total. The number of carbonyl (C=O) groups is 1. The Hall–Kier alpha value is -1.60. The van der Waals surface area contributed by atoms with Crippen LogP contribution in [0.4, 0.5) is 10.8 Å². The van der Waals surface area contributed by atoms with Gasteiger partial charge in [-0.3, -0.25) is 0 Å². The van der Waals surface area contributed by atoms with E-state index in [2.05, 4.69) is 26.2 Å². The van der Waals surface area contributed by atoms with Crippen molar-refractivity contribution in [3.8, 4) is 5.75 Å². The van der Waals surface area contributed by atoms with E-state index < -0.39 is 5.97 Å². The van der Waals surface area contributed by atoms with Crippen molar-refractivity contribution in [3.05, 3.63) is 33.7 Å².